The molecular formula is C13H20N4. The number of nitrogens with zero attached hydrogens (tertiary/aromatic N) is 3. The molecule has 1 N–H and O–H groups in total. The third-order valence-corrected chi connectivity index (χ3v) is 3.76. The molecule has 3 rings (SSSR count). The van der Waals surface area contributed by atoms with Gasteiger partial charge in [-0.3, -0.25) is 4.98 Å². The van der Waals surface area contributed by atoms with Crippen LogP contribution in [0.5, 0.6) is 0 Å². The van der Waals surface area contributed by atoms with Crippen molar-refractivity contribution in [3.8, 4) is 0 Å². The van der Waals surface area contributed by atoms with Gasteiger partial charge >= 0.3 is 0 Å². The van der Waals surface area contributed by atoms with Crippen molar-refractivity contribution >= 4 is 5.82 Å². The molecule has 1 aromatic rings. The molecule has 2 fully saturated rings. The summed E-state index contributed by atoms with van der Waals surface area (Å²) in [4.78, 5) is 10.8. The lowest BCUT2D eigenvalue weighted by Gasteiger charge is -2.32. The first-order valence-corrected chi connectivity index (χ1v) is 6.66. The molecule has 1 saturated heterocycles. The van der Waals surface area contributed by atoms with Crippen LogP contribution in [0.4, 0.5) is 5.82 Å². The lowest BCUT2D eigenvalue weighted by atomic mass is 9.97. The zero-order chi connectivity index (χ0) is 11.5. The smallest absolute Gasteiger partial charge is 0.147 e. The van der Waals surface area contributed by atoms with Crippen molar-refractivity contribution in [3.05, 3.63) is 18.6 Å². The van der Waals surface area contributed by atoms with E-state index in [4.69, 9.17) is 0 Å². The first-order chi connectivity index (χ1) is 8.42. The zero-order valence-electron chi connectivity index (χ0n) is 10.2. The van der Waals surface area contributed by atoms with Gasteiger partial charge in [-0.15, -0.1) is 0 Å². The molecule has 0 aromatic carbocycles. The predicted molar refractivity (Wildman–Crippen MR) is 68.0 cm³/mol. The van der Waals surface area contributed by atoms with Crippen molar-refractivity contribution in [3.63, 3.8) is 0 Å². The van der Waals surface area contributed by atoms with E-state index >= 15 is 0 Å². The first-order valence-electron chi connectivity index (χ1n) is 6.66. The van der Waals surface area contributed by atoms with Crippen LogP contribution in [-0.4, -0.2) is 35.6 Å². The molecule has 0 atom stereocenters. The Balaban J connectivity index is 1.46. The van der Waals surface area contributed by atoms with E-state index in [1.165, 1.54) is 32.2 Å². The third kappa shape index (κ3) is 2.94. The average Bonchev–Trinajstić information content (AvgIpc) is 3.22. The van der Waals surface area contributed by atoms with Crippen LogP contribution in [0.1, 0.15) is 25.7 Å². The number of piperidine rings is 1. The van der Waals surface area contributed by atoms with Crippen LogP contribution in [0, 0.1) is 5.92 Å². The molecule has 2 heterocycles. The highest BCUT2D eigenvalue weighted by molar-refractivity contribution is 5.35. The normalized spacial score (nSPS) is 21.8. The minimum absolute atomic E-state index is 0.841. The van der Waals surface area contributed by atoms with Gasteiger partial charge < -0.3 is 10.2 Å². The SMILES string of the molecule is c1cnc(N2CCC(CNC3CC3)CC2)cn1. The summed E-state index contributed by atoms with van der Waals surface area (Å²) in [7, 11) is 0. The molecule has 0 bridgehead atoms. The maximum atomic E-state index is 4.36. The molecule has 1 aliphatic carbocycles. The molecule has 0 radical (unpaired) electrons. The minimum Gasteiger partial charge on any atom is -0.355 e. The molecule has 1 aliphatic heterocycles. The second-order valence-corrected chi connectivity index (χ2v) is 5.18. The van der Waals surface area contributed by atoms with Crippen LogP contribution in [-0.2, 0) is 0 Å². The predicted octanol–water partition coefficient (Wildman–Crippen LogP) is 1.44. The van der Waals surface area contributed by atoms with Crippen LogP contribution < -0.4 is 10.2 Å². The van der Waals surface area contributed by atoms with Crippen molar-refractivity contribution < 1.29 is 0 Å². The molecule has 0 amide bonds. The molecule has 17 heavy (non-hydrogen) atoms. The van der Waals surface area contributed by atoms with Gasteiger partial charge in [0.15, 0.2) is 0 Å². The maximum Gasteiger partial charge on any atom is 0.147 e. The Labute approximate surface area is 102 Å². The van der Waals surface area contributed by atoms with Crippen molar-refractivity contribution in [2.75, 3.05) is 24.5 Å². The van der Waals surface area contributed by atoms with Crippen LogP contribution >= 0.6 is 0 Å². The van der Waals surface area contributed by atoms with Gasteiger partial charge in [0.05, 0.1) is 6.20 Å². The van der Waals surface area contributed by atoms with Gasteiger partial charge in [0.25, 0.3) is 0 Å². The minimum atomic E-state index is 0.841. The number of hydrogen-bond acceptors (Lipinski definition) is 4. The summed E-state index contributed by atoms with van der Waals surface area (Å²) >= 11 is 0. The standard InChI is InChI=1S/C13H20N4/c1-2-12(1)16-9-11-3-7-17(8-4-11)13-10-14-5-6-15-13/h5-6,10-12,16H,1-4,7-9H2. The fourth-order valence-corrected chi connectivity index (χ4v) is 2.44. The van der Waals surface area contributed by atoms with E-state index in [0.717, 1.165) is 30.9 Å². The number of anilines is 1. The summed E-state index contributed by atoms with van der Waals surface area (Å²) in [5.74, 6) is 1.88. The molecule has 0 unspecified atom stereocenters. The third-order valence-electron chi connectivity index (χ3n) is 3.76. The van der Waals surface area contributed by atoms with Gasteiger partial charge in [-0.2, -0.15) is 0 Å². The van der Waals surface area contributed by atoms with Gasteiger partial charge in [-0.05, 0) is 38.1 Å². The fraction of sp³-hybridized carbons (Fsp3) is 0.692. The van der Waals surface area contributed by atoms with Crippen molar-refractivity contribution in [1.29, 1.82) is 0 Å². The number of rotatable bonds is 4. The Morgan fingerprint density at radius 2 is 2.00 bits per heavy atom. The topological polar surface area (TPSA) is 41.1 Å². The molecular weight excluding hydrogens is 212 g/mol. The van der Waals surface area contributed by atoms with Gasteiger partial charge in [-0.25, -0.2) is 4.98 Å². The Bertz CT molecular complexity index is 342. The van der Waals surface area contributed by atoms with Crippen LogP contribution in [0.15, 0.2) is 18.6 Å². The molecule has 0 spiro atoms. The number of hydrogen-bond donors (Lipinski definition) is 1. The van der Waals surface area contributed by atoms with E-state index in [9.17, 15) is 0 Å². The lowest BCUT2D eigenvalue weighted by molar-refractivity contribution is 0.381. The molecule has 92 valence electrons. The highest BCUT2D eigenvalue weighted by Crippen LogP contribution is 2.23. The summed E-state index contributed by atoms with van der Waals surface area (Å²) < 4.78 is 0. The first kappa shape index (κ1) is 11.0. The maximum absolute atomic E-state index is 4.36. The highest BCUT2D eigenvalue weighted by atomic mass is 15.2. The van der Waals surface area contributed by atoms with Crippen molar-refractivity contribution in [2.45, 2.75) is 31.7 Å². The lowest BCUT2D eigenvalue weighted by Crippen LogP contribution is -2.38. The van der Waals surface area contributed by atoms with E-state index in [1.54, 1.807) is 12.4 Å². The van der Waals surface area contributed by atoms with E-state index in [1.807, 2.05) is 6.20 Å². The van der Waals surface area contributed by atoms with E-state index in [2.05, 4.69) is 20.2 Å². The quantitative estimate of drug-likeness (QED) is 0.853. The average molecular weight is 232 g/mol. The molecule has 4 heteroatoms. The largest absolute Gasteiger partial charge is 0.355 e. The van der Waals surface area contributed by atoms with E-state index in [0.29, 0.717) is 0 Å². The Morgan fingerprint density at radius 3 is 2.65 bits per heavy atom. The van der Waals surface area contributed by atoms with Gasteiger partial charge in [0, 0.05) is 31.5 Å². The summed E-state index contributed by atoms with van der Waals surface area (Å²) in [5, 5.41) is 3.63. The van der Waals surface area contributed by atoms with Gasteiger partial charge in [0.2, 0.25) is 0 Å². The number of aromatic nitrogens is 2. The summed E-state index contributed by atoms with van der Waals surface area (Å²) in [6.45, 7) is 3.45. The summed E-state index contributed by atoms with van der Waals surface area (Å²) in [6.07, 6.45) is 10.7. The molecule has 1 saturated carbocycles. The molecule has 2 aliphatic rings. The second kappa shape index (κ2) is 5.00. The number of nitrogens with one attached hydrogen (secondary N) is 1. The summed E-state index contributed by atoms with van der Waals surface area (Å²) in [6, 6.07) is 0.841. The summed E-state index contributed by atoms with van der Waals surface area (Å²) in [5.41, 5.74) is 0. The fourth-order valence-electron chi connectivity index (χ4n) is 2.44. The van der Waals surface area contributed by atoms with E-state index in [-0.39, 0.29) is 0 Å². The van der Waals surface area contributed by atoms with E-state index < -0.39 is 0 Å². The van der Waals surface area contributed by atoms with Gasteiger partial charge in [0.1, 0.15) is 5.82 Å². The monoisotopic (exact) mass is 232 g/mol. The Kier molecular flexibility index (Phi) is 3.22. The van der Waals surface area contributed by atoms with Gasteiger partial charge in [-0.1, -0.05) is 0 Å². The second-order valence-electron chi connectivity index (χ2n) is 5.18. The molecule has 1 aromatic heterocycles. The van der Waals surface area contributed by atoms with Crippen LogP contribution in [0.2, 0.25) is 0 Å². The van der Waals surface area contributed by atoms with Crippen molar-refractivity contribution in [2.24, 2.45) is 5.92 Å². The Morgan fingerprint density at radius 1 is 1.18 bits per heavy atom. The molecule has 4 nitrogen and oxygen atoms in total. The van der Waals surface area contributed by atoms with Crippen LogP contribution in [0.25, 0.3) is 0 Å². The Hall–Kier alpha value is -1.16. The zero-order valence-corrected chi connectivity index (χ0v) is 10.2. The highest BCUT2D eigenvalue weighted by Gasteiger charge is 2.24. The van der Waals surface area contributed by atoms with Crippen LogP contribution in [0.3, 0.4) is 0 Å². The van der Waals surface area contributed by atoms with Crippen molar-refractivity contribution in [1.82, 2.24) is 15.3 Å².